The summed E-state index contributed by atoms with van der Waals surface area (Å²) in [5.41, 5.74) is 0. The highest BCUT2D eigenvalue weighted by atomic mass is 32.2. The van der Waals surface area contributed by atoms with Crippen molar-refractivity contribution in [2.24, 2.45) is 5.92 Å². The van der Waals surface area contributed by atoms with E-state index >= 15 is 0 Å². The van der Waals surface area contributed by atoms with Crippen LogP contribution in [-0.4, -0.2) is 24.4 Å². The van der Waals surface area contributed by atoms with Gasteiger partial charge in [-0.3, -0.25) is 8.94 Å². The van der Waals surface area contributed by atoms with Crippen molar-refractivity contribution in [2.75, 3.05) is 6.67 Å². The van der Waals surface area contributed by atoms with E-state index in [-0.39, 0.29) is 12.3 Å². The Labute approximate surface area is 71.7 Å². The van der Waals surface area contributed by atoms with Crippen molar-refractivity contribution in [2.45, 2.75) is 30.9 Å². The standard InChI is InChI=1S/C7H13FO3S/c1-6(5-8)4-7(2-3-7)12(9,10)11/h6H,2-5H2,1H3,(H,9,10,11)/t6-/m1/s1. The van der Waals surface area contributed by atoms with Crippen molar-refractivity contribution in [3.8, 4) is 0 Å². The van der Waals surface area contributed by atoms with Gasteiger partial charge < -0.3 is 0 Å². The van der Waals surface area contributed by atoms with Crippen LogP contribution in [0.4, 0.5) is 4.39 Å². The van der Waals surface area contributed by atoms with Gasteiger partial charge in [0.1, 0.15) is 0 Å². The van der Waals surface area contributed by atoms with E-state index in [1.165, 1.54) is 0 Å². The highest BCUT2D eigenvalue weighted by Crippen LogP contribution is 2.47. The SMILES string of the molecule is C[C@@H](CF)CC1(S(=O)(=O)O)CC1. The molecular formula is C7H13FO3S. The van der Waals surface area contributed by atoms with Crippen molar-refractivity contribution in [3.05, 3.63) is 0 Å². The molecule has 1 aliphatic rings. The van der Waals surface area contributed by atoms with Gasteiger partial charge in [0, 0.05) is 0 Å². The molecule has 0 amide bonds. The summed E-state index contributed by atoms with van der Waals surface area (Å²) in [6.07, 6.45) is 1.18. The van der Waals surface area contributed by atoms with Gasteiger partial charge in [0.05, 0.1) is 11.4 Å². The van der Waals surface area contributed by atoms with Crippen LogP contribution in [0, 0.1) is 5.92 Å². The lowest BCUT2D eigenvalue weighted by atomic mass is 10.1. The van der Waals surface area contributed by atoms with Crippen LogP contribution in [0.15, 0.2) is 0 Å². The minimum atomic E-state index is -3.96. The quantitative estimate of drug-likeness (QED) is 0.691. The minimum Gasteiger partial charge on any atom is -0.285 e. The molecule has 12 heavy (non-hydrogen) atoms. The van der Waals surface area contributed by atoms with E-state index in [0.717, 1.165) is 0 Å². The molecule has 0 spiro atoms. The van der Waals surface area contributed by atoms with Crippen molar-refractivity contribution >= 4 is 10.1 Å². The fourth-order valence-corrected chi connectivity index (χ4v) is 2.51. The normalized spacial score (nSPS) is 23.6. The summed E-state index contributed by atoms with van der Waals surface area (Å²) in [4.78, 5) is 0. The average molecular weight is 196 g/mol. The molecule has 0 aromatic heterocycles. The third kappa shape index (κ3) is 1.77. The second-order valence-electron chi connectivity index (χ2n) is 3.62. The molecule has 0 aromatic rings. The van der Waals surface area contributed by atoms with Gasteiger partial charge in [-0.1, -0.05) is 6.92 Å². The molecule has 1 rings (SSSR count). The third-order valence-electron chi connectivity index (χ3n) is 2.34. The molecule has 0 aromatic carbocycles. The third-order valence-corrected chi connectivity index (χ3v) is 4.01. The monoisotopic (exact) mass is 196 g/mol. The predicted octanol–water partition coefficient (Wildman–Crippen LogP) is 1.40. The van der Waals surface area contributed by atoms with Gasteiger partial charge in [-0.25, -0.2) is 0 Å². The predicted molar refractivity (Wildman–Crippen MR) is 43.3 cm³/mol. The summed E-state index contributed by atoms with van der Waals surface area (Å²) in [6.45, 7) is 1.11. The lowest BCUT2D eigenvalue weighted by molar-refractivity contribution is 0.349. The van der Waals surface area contributed by atoms with Gasteiger partial charge in [0.25, 0.3) is 10.1 Å². The van der Waals surface area contributed by atoms with Crippen LogP contribution in [0.5, 0.6) is 0 Å². The van der Waals surface area contributed by atoms with Crippen molar-refractivity contribution in [1.82, 2.24) is 0 Å². The molecule has 1 fully saturated rings. The molecule has 0 unspecified atom stereocenters. The van der Waals surface area contributed by atoms with Gasteiger partial charge in [-0.05, 0) is 25.2 Å². The first-order valence-corrected chi connectivity index (χ1v) is 5.38. The average Bonchev–Trinajstić information content (AvgIpc) is 2.67. The van der Waals surface area contributed by atoms with E-state index in [4.69, 9.17) is 4.55 Å². The highest BCUT2D eigenvalue weighted by Gasteiger charge is 2.54. The Kier molecular flexibility index (Phi) is 2.45. The summed E-state index contributed by atoms with van der Waals surface area (Å²) in [6, 6.07) is 0. The van der Waals surface area contributed by atoms with E-state index in [9.17, 15) is 12.8 Å². The summed E-state index contributed by atoms with van der Waals surface area (Å²) in [7, 11) is -3.96. The molecule has 0 radical (unpaired) electrons. The Hall–Kier alpha value is -0.160. The van der Waals surface area contributed by atoms with Crippen LogP contribution >= 0.6 is 0 Å². The van der Waals surface area contributed by atoms with E-state index < -0.39 is 21.5 Å². The van der Waals surface area contributed by atoms with Crippen LogP contribution in [0.2, 0.25) is 0 Å². The van der Waals surface area contributed by atoms with E-state index in [0.29, 0.717) is 12.8 Å². The molecule has 1 aliphatic carbocycles. The van der Waals surface area contributed by atoms with E-state index in [1.54, 1.807) is 6.92 Å². The molecule has 1 saturated carbocycles. The molecule has 0 bridgehead atoms. The first-order valence-electron chi connectivity index (χ1n) is 3.94. The zero-order valence-corrected chi connectivity index (χ0v) is 7.77. The minimum absolute atomic E-state index is 0.238. The fourth-order valence-electron chi connectivity index (χ4n) is 1.40. The smallest absolute Gasteiger partial charge is 0.270 e. The molecule has 5 heteroatoms. The van der Waals surface area contributed by atoms with Crippen LogP contribution in [0.1, 0.15) is 26.2 Å². The second kappa shape index (κ2) is 2.96. The molecular weight excluding hydrogens is 183 g/mol. The molecule has 1 N–H and O–H groups in total. The van der Waals surface area contributed by atoms with Gasteiger partial charge in [-0.15, -0.1) is 0 Å². The number of hydrogen-bond donors (Lipinski definition) is 1. The van der Waals surface area contributed by atoms with Crippen LogP contribution in [-0.2, 0) is 10.1 Å². The number of halogens is 1. The topological polar surface area (TPSA) is 54.4 Å². The lowest BCUT2D eigenvalue weighted by Gasteiger charge is -2.14. The van der Waals surface area contributed by atoms with Crippen molar-refractivity contribution < 1.29 is 17.4 Å². The maximum atomic E-state index is 12.1. The van der Waals surface area contributed by atoms with Crippen molar-refractivity contribution in [3.63, 3.8) is 0 Å². The Bertz CT molecular complexity index is 256. The van der Waals surface area contributed by atoms with Crippen LogP contribution in [0.3, 0.4) is 0 Å². The second-order valence-corrected chi connectivity index (χ2v) is 5.44. The maximum Gasteiger partial charge on any atom is 0.270 e. The summed E-state index contributed by atoms with van der Waals surface area (Å²) in [5.74, 6) is -0.283. The summed E-state index contributed by atoms with van der Waals surface area (Å²) in [5, 5.41) is 0. The Morgan fingerprint density at radius 2 is 2.08 bits per heavy atom. The fraction of sp³-hybridized carbons (Fsp3) is 1.00. The molecule has 72 valence electrons. The maximum absolute atomic E-state index is 12.1. The van der Waals surface area contributed by atoms with E-state index in [2.05, 4.69) is 0 Å². The van der Waals surface area contributed by atoms with Crippen LogP contribution < -0.4 is 0 Å². The highest BCUT2D eigenvalue weighted by molar-refractivity contribution is 7.87. The van der Waals surface area contributed by atoms with Crippen LogP contribution in [0.25, 0.3) is 0 Å². The Morgan fingerprint density at radius 1 is 1.58 bits per heavy atom. The molecule has 0 heterocycles. The van der Waals surface area contributed by atoms with Gasteiger partial charge in [0.2, 0.25) is 0 Å². The largest absolute Gasteiger partial charge is 0.285 e. The van der Waals surface area contributed by atoms with Gasteiger partial charge in [-0.2, -0.15) is 8.42 Å². The van der Waals surface area contributed by atoms with Gasteiger partial charge in [0.15, 0.2) is 0 Å². The summed E-state index contributed by atoms with van der Waals surface area (Å²) >= 11 is 0. The lowest BCUT2D eigenvalue weighted by Crippen LogP contribution is -2.25. The summed E-state index contributed by atoms with van der Waals surface area (Å²) < 4.78 is 41.5. The molecule has 1 atom stereocenters. The zero-order valence-electron chi connectivity index (χ0n) is 6.96. The number of rotatable bonds is 4. The number of hydrogen-bond acceptors (Lipinski definition) is 2. The zero-order chi connectivity index (χ0) is 9.41. The molecule has 3 nitrogen and oxygen atoms in total. The molecule has 0 aliphatic heterocycles. The Morgan fingerprint density at radius 3 is 2.33 bits per heavy atom. The molecule has 0 saturated heterocycles. The first-order chi connectivity index (χ1) is 5.41. The first kappa shape index (κ1) is 9.92. The number of alkyl halides is 1. The van der Waals surface area contributed by atoms with E-state index in [1.807, 2.05) is 0 Å². The Balaban J connectivity index is 2.63. The van der Waals surface area contributed by atoms with Gasteiger partial charge >= 0.3 is 0 Å². The van der Waals surface area contributed by atoms with Crippen molar-refractivity contribution in [1.29, 1.82) is 0 Å².